The van der Waals surface area contributed by atoms with E-state index >= 15 is 0 Å². The largest absolute Gasteiger partial charge is 0.308 e. The van der Waals surface area contributed by atoms with Gasteiger partial charge in [-0.05, 0) is 32.8 Å². The van der Waals surface area contributed by atoms with E-state index in [1.165, 1.54) is 11.1 Å². The lowest BCUT2D eigenvalue weighted by atomic mass is 10.0. The summed E-state index contributed by atoms with van der Waals surface area (Å²) in [5.74, 6) is 0. The van der Waals surface area contributed by atoms with E-state index in [2.05, 4.69) is 57.3 Å². The van der Waals surface area contributed by atoms with Gasteiger partial charge in [0.15, 0.2) is 0 Å². The van der Waals surface area contributed by atoms with Crippen LogP contribution in [0, 0.1) is 6.92 Å². The van der Waals surface area contributed by atoms with Crippen molar-refractivity contribution in [3.63, 3.8) is 0 Å². The molecule has 0 aliphatic carbocycles. The molecule has 1 N–H and O–H groups in total. The highest BCUT2D eigenvalue weighted by Gasteiger charge is 2.12. The fourth-order valence-electron chi connectivity index (χ4n) is 1.29. The van der Waals surface area contributed by atoms with Crippen molar-refractivity contribution in [1.82, 2.24) is 5.32 Å². The third kappa shape index (κ3) is 3.51. The van der Waals surface area contributed by atoms with Gasteiger partial charge in [0.25, 0.3) is 0 Å². The summed E-state index contributed by atoms with van der Waals surface area (Å²) in [6.45, 7) is 9.78. The maximum absolute atomic E-state index is 3.55. The normalized spacial score (nSPS) is 11.7. The Morgan fingerprint density at radius 2 is 2.00 bits per heavy atom. The van der Waals surface area contributed by atoms with Crippen molar-refractivity contribution in [3.05, 3.63) is 35.4 Å². The average Bonchev–Trinajstić information content (AvgIpc) is 2.15. The molecule has 0 aliphatic rings. The molecule has 0 saturated heterocycles. The van der Waals surface area contributed by atoms with Gasteiger partial charge in [0.1, 0.15) is 0 Å². The predicted molar refractivity (Wildman–Crippen MR) is 62.4 cm³/mol. The lowest BCUT2D eigenvalue weighted by Crippen LogP contribution is -2.37. The minimum Gasteiger partial charge on any atom is -0.308 e. The molecule has 0 unspecified atom stereocenters. The van der Waals surface area contributed by atoms with E-state index < -0.39 is 0 Å². The van der Waals surface area contributed by atoms with Crippen molar-refractivity contribution in [2.75, 3.05) is 0 Å². The summed E-state index contributed by atoms with van der Waals surface area (Å²) in [7, 11) is 0. The number of hydrogen-bond acceptors (Lipinski definition) is 1. The first-order chi connectivity index (χ1) is 6.53. The fraction of sp³-hybridized carbons (Fsp3) is 0.538. The molecule has 0 atom stereocenters. The summed E-state index contributed by atoms with van der Waals surface area (Å²) >= 11 is 0. The van der Waals surface area contributed by atoms with Crippen LogP contribution in [0.25, 0.3) is 0 Å². The fourth-order valence-corrected chi connectivity index (χ4v) is 1.29. The third-order valence-corrected chi connectivity index (χ3v) is 2.74. The lowest BCUT2D eigenvalue weighted by Gasteiger charge is -2.24. The van der Waals surface area contributed by atoms with Crippen LogP contribution in [0.1, 0.15) is 38.3 Å². The van der Waals surface area contributed by atoms with Crippen LogP contribution in [0.2, 0.25) is 0 Å². The van der Waals surface area contributed by atoms with E-state index in [4.69, 9.17) is 0 Å². The number of benzene rings is 1. The molecule has 1 aromatic rings. The van der Waals surface area contributed by atoms with E-state index in [9.17, 15) is 0 Å². The Balaban J connectivity index is 2.54. The number of hydrogen-bond donors (Lipinski definition) is 1. The molecule has 0 radical (unpaired) electrons. The maximum atomic E-state index is 3.55. The Labute approximate surface area is 87.5 Å². The summed E-state index contributed by atoms with van der Waals surface area (Å²) in [6, 6.07) is 8.66. The molecule has 78 valence electrons. The van der Waals surface area contributed by atoms with Gasteiger partial charge in [-0.2, -0.15) is 0 Å². The molecule has 0 fully saturated rings. The SMILES string of the molecule is CCC(C)(C)NCc1cccc(C)c1. The summed E-state index contributed by atoms with van der Waals surface area (Å²) < 4.78 is 0. The van der Waals surface area contributed by atoms with E-state index in [0.717, 1.165) is 13.0 Å². The Kier molecular flexibility index (Phi) is 3.70. The van der Waals surface area contributed by atoms with E-state index in [0.29, 0.717) is 0 Å². The molecule has 1 rings (SSSR count). The second kappa shape index (κ2) is 4.61. The minimum absolute atomic E-state index is 0.240. The zero-order chi connectivity index (χ0) is 10.6. The molecule has 1 heteroatoms. The molecule has 0 aromatic heterocycles. The summed E-state index contributed by atoms with van der Waals surface area (Å²) in [6.07, 6.45) is 1.15. The molecule has 0 bridgehead atoms. The Morgan fingerprint density at radius 3 is 2.57 bits per heavy atom. The van der Waals surface area contributed by atoms with Crippen LogP contribution in [0.15, 0.2) is 24.3 Å². The number of aryl methyl sites for hydroxylation is 1. The average molecular weight is 191 g/mol. The highest BCUT2D eigenvalue weighted by molar-refractivity contribution is 5.22. The van der Waals surface area contributed by atoms with Gasteiger partial charge in [-0.3, -0.25) is 0 Å². The molecule has 0 heterocycles. The zero-order valence-corrected chi connectivity index (χ0v) is 9.72. The first-order valence-corrected chi connectivity index (χ1v) is 5.34. The standard InChI is InChI=1S/C13H21N/c1-5-13(3,4)14-10-12-8-6-7-11(2)9-12/h6-9,14H,5,10H2,1-4H3. The van der Waals surface area contributed by atoms with Crippen molar-refractivity contribution in [3.8, 4) is 0 Å². The van der Waals surface area contributed by atoms with Crippen LogP contribution >= 0.6 is 0 Å². The van der Waals surface area contributed by atoms with Crippen LogP contribution in [0.4, 0.5) is 0 Å². The summed E-state index contributed by atoms with van der Waals surface area (Å²) in [4.78, 5) is 0. The number of rotatable bonds is 4. The first-order valence-electron chi connectivity index (χ1n) is 5.34. The maximum Gasteiger partial charge on any atom is 0.0210 e. The minimum atomic E-state index is 0.240. The Morgan fingerprint density at radius 1 is 1.29 bits per heavy atom. The van der Waals surface area contributed by atoms with E-state index in [-0.39, 0.29) is 5.54 Å². The zero-order valence-electron chi connectivity index (χ0n) is 9.72. The van der Waals surface area contributed by atoms with Gasteiger partial charge in [-0.25, -0.2) is 0 Å². The highest BCUT2D eigenvalue weighted by atomic mass is 14.9. The van der Waals surface area contributed by atoms with Gasteiger partial charge in [0.2, 0.25) is 0 Å². The van der Waals surface area contributed by atoms with Crippen molar-refractivity contribution < 1.29 is 0 Å². The molecule has 0 aliphatic heterocycles. The predicted octanol–water partition coefficient (Wildman–Crippen LogP) is 3.27. The van der Waals surface area contributed by atoms with Crippen molar-refractivity contribution >= 4 is 0 Å². The van der Waals surface area contributed by atoms with Gasteiger partial charge < -0.3 is 5.32 Å². The Hall–Kier alpha value is -0.820. The molecule has 0 amide bonds. The van der Waals surface area contributed by atoms with Gasteiger partial charge in [-0.15, -0.1) is 0 Å². The van der Waals surface area contributed by atoms with Gasteiger partial charge in [-0.1, -0.05) is 36.8 Å². The lowest BCUT2D eigenvalue weighted by molar-refractivity contribution is 0.374. The molecule has 0 spiro atoms. The van der Waals surface area contributed by atoms with Crippen LogP contribution in [-0.4, -0.2) is 5.54 Å². The van der Waals surface area contributed by atoms with Gasteiger partial charge in [0, 0.05) is 12.1 Å². The second-order valence-corrected chi connectivity index (χ2v) is 4.58. The monoisotopic (exact) mass is 191 g/mol. The molecular weight excluding hydrogens is 170 g/mol. The van der Waals surface area contributed by atoms with E-state index in [1.807, 2.05) is 0 Å². The topological polar surface area (TPSA) is 12.0 Å². The van der Waals surface area contributed by atoms with Gasteiger partial charge in [0.05, 0.1) is 0 Å². The number of nitrogens with one attached hydrogen (secondary N) is 1. The molecule has 14 heavy (non-hydrogen) atoms. The molecule has 1 nitrogen and oxygen atoms in total. The highest BCUT2D eigenvalue weighted by Crippen LogP contribution is 2.10. The molecule has 0 saturated carbocycles. The summed E-state index contributed by atoms with van der Waals surface area (Å²) in [5, 5.41) is 3.55. The van der Waals surface area contributed by atoms with Crippen LogP contribution in [-0.2, 0) is 6.54 Å². The van der Waals surface area contributed by atoms with Crippen molar-refractivity contribution in [1.29, 1.82) is 0 Å². The van der Waals surface area contributed by atoms with Gasteiger partial charge >= 0.3 is 0 Å². The molecular formula is C13H21N. The Bertz CT molecular complexity index is 289. The van der Waals surface area contributed by atoms with Crippen molar-refractivity contribution in [2.45, 2.75) is 46.2 Å². The first kappa shape index (κ1) is 11.3. The summed E-state index contributed by atoms with van der Waals surface area (Å²) in [5.41, 5.74) is 2.94. The smallest absolute Gasteiger partial charge is 0.0210 e. The van der Waals surface area contributed by atoms with E-state index in [1.54, 1.807) is 0 Å². The van der Waals surface area contributed by atoms with Crippen LogP contribution in [0.3, 0.4) is 0 Å². The third-order valence-electron chi connectivity index (χ3n) is 2.74. The quantitative estimate of drug-likeness (QED) is 0.770. The second-order valence-electron chi connectivity index (χ2n) is 4.58. The van der Waals surface area contributed by atoms with Crippen molar-refractivity contribution in [2.24, 2.45) is 0 Å². The molecule has 1 aromatic carbocycles. The van der Waals surface area contributed by atoms with Crippen LogP contribution < -0.4 is 5.32 Å². The van der Waals surface area contributed by atoms with Crippen LogP contribution in [0.5, 0.6) is 0 Å².